The maximum Gasteiger partial charge on any atom is 0.234 e. The lowest BCUT2D eigenvalue weighted by atomic mass is 10.1. The molecule has 0 radical (unpaired) electrons. The van der Waals surface area contributed by atoms with Crippen molar-refractivity contribution in [3.05, 3.63) is 78.4 Å². The maximum absolute atomic E-state index is 14.0. The van der Waals surface area contributed by atoms with Gasteiger partial charge in [0.05, 0.1) is 5.69 Å². The zero-order valence-electron chi connectivity index (χ0n) is 13.4. The molecule has 0 amide bonds. The highest BCUT2D eigenvalue weighted by molar-refractivity contribution is 5.64. The lowest BCUT2D eigenvalue weighted by molar-refractivity contribution is 0.301. The summed E-state index contributed by atoms with van der Waals surface area (Å²) in [5.41, 5.74) is 1.51. The molecule has 0 spiro atoms. The van der Waals surface area contributed by atoms with Gasteiger partial charge >= 0.3 is 0 Å². The number of aromatic nitrogens is 3. The Morgan fingerprint density at radius 3 is 2.62 bits per heavy atom. The van der Waals surface area contributed by atoms with Gasteiger partial charge in [-0.15, -0.1) is 0 Å². The maximum atomic E-state index is 14.0. The molecule has 0 aliphatic rings. The van der Waals surface area contributed by atoms with E-state index in [0.29, 0.717) is 28.3 Å². The number of phenolic OH excluding ortho intramolecular Hbond substituents is 1. The number of imidazole rings is 1. The normalized spacial score (nSPS) is 11.0. The Kier molecular flexibility index (Phi) is 3.96. The molecule has 0 bridgehead atoms. The molecule has 1 N–H and O–H groups in total. The smallest absolute Gasteiger partial charge is 0.234 e. The van der Waals surface area contributed by atoms with Gasteiger partial charge in [-0.1, -0.05) is 0 Å². The molecular formula is C19H13F2N3O2. The van der Waals surface area contributed by atoms with Crippen molar-refractivity contribution in [1.29, 1.82) is 0 Å². The first-order valence-electron chi connectivity index (χ1n) is 7.79. The van der Waals surface area contributed by atoms with Crippen molar-refractivity contribution in [1.82, 2.24) is 14.4 Å². The van der Waals surface area contributed by atoms with E-state index in [4.69, 9.17) is 4.74 Å². The molecule has 4 aromatic rings. The number of nitrogens with zero attached hydrogens (tertiary/aromatic N) is 3. The number of fused-ring (bicyclic) bond motifs is 1. The van der Waals surface area contributed by atoms with E-state index in [1.807, 2.05) is 0 Å². The minimum absolute atomic E-state index is 0.136. The monoisotopic (exact) mass is 353 g/mol. The van der Waals surface area contributed by atoms with E-state index in [2.05, 4.69) is 9.97 Å². The number of hydrogen-bond acceptors (Lipinski definition) is 4. The average molecular weight is 353 g/mol. The highest BCUT2D eigenvalue weighted by Gasteiger charge is 2.10. The Morgan fingerprint density at radius 2 is 1.85 bits per heavy atom. The first-order chi connectivity index (χ1) is 12.6. The molecule has 7 heteroatoms. The highest BCUT2D eigenvalue weighted by atomic mass is 19.1. The van der Waals surface area contributed by atoms with E-state index >= 15 is 0 Å². The number of ether oxygens (including phenoxy) is 1. The third-order valence-electron chi connectivity index (χ3n) is 3.82. The fourth-order valence-electron chi connectivity index (χ4n) is 2.57. The van der Waals surface area contributed by atoms with E-state index in [9.17, 15) is 13.9 Å². The largest absolute Gasteiger partial charge is 0.508 e. The van der Waals surface area contributed by atoms with E-state index in [0.717, 1.165) is 6.07 Å². The van der Waals surface area contributed by atoms with Crippen molar-refractivity contribution >= 4 is 5.78 Å². The summed E-state index contributed by atoms with van der Waals surface area (Å²) < 4.78 is 34.2. The van der Waals surface area contributed by atoms with Gasteiger partial charge in [-0.3, -0.25) is 4.40 Å². The molecule has 2 heterocycles. The summed E-state index contributed by atoms with van der Waals surface area (Å²) in [7, 11) is 0. The van der Waals surface area contributed by atoms with Crippen molar-refractivity contribution in [3.63, 3.8) is 0 Å². The summed E-state index contributed by atoms with van der Waals surface area (Å²) in [6, 6.07) is 9.67. The fourth-order valence-corrected chi connectivity index (χ4v) is 2.57. The van der Waals surface area contributed by atoms with Gasteiger partial charge in [-0.2, -0.15) is 0 Å². The van der Waals surface area contributed by atoms with E-state index in [-0.39, 0.29) is 18.2 Å². The van der Waals surface area contributed by atoms with Crippen LogP contribution >= 0.6 is 0 Å². The van der Waals surface area contributed by atoms with Crippen molar-refractivity contribution in [2.45, 2.75) is 6.61 Å². The van der Waals surface area contributed by atoms with Gasteiger partial charge < -0.3 is 9.84 Å². The fraction of sp³-hybridized carbons (Fsp3) is 0.0526. The molecular weight excluding hydrogens is 340 g/mol. The van der Waals surface area contributed by atoms with Gasteiger partial charge in [0.1, 0.15) is 29.7 Å². The van der Waals surface area contributed by atoms with Crippen LogP contribution in [0.2, 0.25) is 0 Å². The molecule has 0 saturated heterocycles. The summed E-state index contributed by atoms with van der Waals surface area (Å²) in [6.45, 7) is 0.192. The molecule has 5 nitrogen and oxygen atoms in total. The molecule has 0 unspecified atom stereocenters. The number of rotatable bonds is 4. The number of halogens is 2. The molecule has 130 valence electrons. The summed E-state index contributed by atoms with van der Waals surface area (Å²) >= 11 is 0. The molecule has 0 aliphatic heterocycles. The van der Waals surface area contributed by atoms with Crippen LogP contribution < -0.4 is 4.74 Å². The Morgan fingerprint density at radius 1 is 1.04 bits per heavy atom. The first-order valence-corrected chi connectivity index (χ1v) is 7.79. The SMILES string of the molecule is Oc1ccc(-c2cnc3nc(COc4ccc(F)cc4)cn3c2)c(F)c1. The minimum Gasteiger partial charge on any atom is -0.508 e. The summed E-state index contributed by atoms with van der Waals surface area (Å²) in [5, 5.41) is 9.32. The number of hydrogen-bond donors (Lipinski definition) is 1. The van der Waals surface area contributed by atoms with Gasteiger partial charge in [-0.25, -0.2) is 18.7 Å². The van der Waals surface area contributed by atoms with E-state index in [1.165, 1.54) is 42.6 Å². The van der Waals surface area contributed by atoms with E-state index in [1.54, 1.807) is 16.8 Å². The first kappa shape index (κ1) is 16.0. The topological polar surface area (TPSA) is 59.7 Å². The second-order valence-corrected chi connectivity index (χ2v) is 5.69. The van der Waals surface area contributed by atoms with Gasteiger partial charge in [-0.05, 0) is 36.4 Å². The quantitative estimate of drug-likeness (QED) is 0.603. The summed E-state index contributed by atoms with van der Waals surface area (Å²) in [4.78, 5) is 8.56. The van der Waals surface area contributed by atoms with Gasteiger partial charge in [0, 0.05) is 35.8 Å². The molecule has 0 saturated carbocycles. The van der Waals surface area contributed by atoms with Crippen molar-refractivity contribution < 1.29 is 18.6 Å². The van der Waals surface area contributed by atoms with E-state index < -0.39 is 5.82 Å². The Balaban J connectivity index is 1.58. The van der Waals surface area contributed by atoms with Gasteiger partial charge in [0.15, 0.2) is 0 Å². The Hall–Kier alpha value is -3.48. The van der Waals surface area contributed by atoms with Crippen LogP contribution in [0.4, 0.5) is 8.78 Å². The zero-order chi connectivity index (χ0) is 18.1. The molecule has 0 atom stereocenters. The van der Waals surface area contributed by atoms with Crippen molar-refractivity contribution in [2.24, 2.45) is 0 Å². The molecule has 2 aromatic carbocycles. The predicted octanol–water partition coefficient (Wildman–Crippen LogP) is 3.96. The highest BCUT2D eigenvalue weighted by Crippen LogP contribution is 2.25. The second-order valence-electron chi connectivity index (χ2n) is 5.69. The number of benzene rings is 2. The molecule has 4 rings (SSSR count). The summed E-state index contributed by atoms with van der Waals surface area (Å²) in [5.74, 6) is -0.0218. The lowest BCUT2D eigenvalue weighted by Crippen LogP contribution is -1.95. The lowest BCUT2D eigenvalue weighted by Gasteiger charge is -2.04. The molecule has 0 fully saturated rings. The number of aromatic hydroxyl groups is 1. The Bertz CT molecular complexity index is 1080. The van der Waals surface area contributed by atoms with Crippen molar-refractivity contribution in [2.75, 3.05) is 0 Å². The zero-order valence-corrected chi connectivity index (χ0v) is 13.4. The van der Waals surface area contributed by atoms with Crippen LogP contribution in [-0.2, 0) is 6.61 Å². The van der Waals surface area contributed by atoms with Crippen molar-refractivity contribution in [3.8, 4) is 22.6 Å². The number of phenols is 1. The average Bonchev–Trinajstić information content (AvgIpc) is 3.03. The van der Waals surface area contributed by atoms with Crippen LogP contribution in [-0.4, -0.2) is 19.5 Å². The third-order valence-corrected chi connectivity index (χ3v) is 3.82. The van der Waals surface area contributed by atoms with Crippen LogP contribution in [0, 0.1) is 11.6 Å². The second kappa shape index (κ2) is 6.44. The molecule has 2 aromatic heterocycles. The van der Waals surface area contributed by atoms with Crippen LogP contribution in [0.25, 0.3) is 16.9 Å². The van der Waals surface area contributed by atoms with Crippen LogP contribution in [0.5, 0.6) is 11.5 Å². The predicted molar refractivity (Wildman–Crippen MR) is 90.8 cm³/mol. The van der Waals surface area contributed by atoms with Crippen LogP contribution in [0.3, 0.4) is 0 Å². The molecule has 26 heavy (non-hydrogen) atoms. The van der Waals surface area contributed by atoms with Crippen LogP contribution in [0.1, 0.15) is 5.69 Å². The van der Waals surface area contributed by atoms with Gasteiger partial charge in [0.25, 0.3) is 0 Å². The van der Waals surface area contributed by atoms with Gasteiger partial charge in [0.2, 0.25) is 5.78 Å². The molecule has 0 aliphatic carbocycles. The summed E-state index contributed by atoms with van der Waals surface area (Å²) in [6.07, 6.45) is 4.95. The third kappa shape index (κ3) is 3.19. The standard InChI is InChI=1S/C19H13F2N3O2/c20-13-1-4-16(5-2-13)26-11-14-10-24-9-12(8-22-19(24)23-14)17-6-3-15(25)7-18(17)21/h1-10,25H,11H2. The van der Waals surface area contributed by atoms with Crippen LogP contribution in [0.15, 0.2) is 61.1 Å². The Labute approximate surface area is 147 Å². The minimum atomic E-state index is -0.536.